The topological polar surface area (TPSA) is 57.9 Å². The first-order valence-corrected chi connectivity index (χ1v) is 7.96. The van der Waals surface area contributed by atoms with Gasteiger partial charge in [-0.05, 0) is 29.8 Å². The number of piperazine rings is 1. The summed E-state index contributed by atoms with van der Waals surface area (Å²) in [6.45, 7) is 2.99. The molecule has 3 rings (SSSR count). The highest BCUT2D eigenvalue weighted by Crippen LogP contribution is 2.32. The van der Waals surface area contributed by atoms with Crippen LogP contribution in [0, 0.1) is 0 Å². The number of nitrogens with one attached hydrogen (secondary N) is 1. The molecule has 10 heteroatoms. The first-order chi connectivity index (χ1) is 12.0. The number of rotatable bonds is 5. The Morgan fingerprint density at radius 3 is 2.22 bits per heavy atom. The second-order valence-electron chi connectivity index (χ2n) is 5.77. The molecule has 2 aromatic rings. The number of aliphatic hydroxyl groups excluding tert-OH is 1. The van der Waals surface area contributed by atoms with Crippen molar-refractivity contribution in [3.8, 4) is 5.75 Å². The SMILES string of the molecule is Cl.Cl.OCc1ccc([C@@H](c2ccc(OC(F)(F)F)cc2)N2CCNCC2)o1. The molecule has 0 unspecified atom stereocenters. The fourth-order valence-electron chi connectivity index (χ4n) is 2.97. The maximum atomic E-state index is 12.3. The van der Waals surface area contributed by atoms with Crippen LogP contribution in [0.4, 0.5) is 13.2 Å². The maximum absolute atomic E-state index is 12.3. The minimum Gasteiger partial charge on any atom is -0.462 e. The summed E-state index contributed by atoms with van der Waals surface area (Å²) in [5.41, 5.74) is 0.801. The van der Waals surface area contributed by atoms with Crippen molar-refractivity contribution in [3.63, 3.8) is 0 Å². The average molecular weight is 429 g/mol. The van der Waals surface area contributed by atoms with Crippen LogP contribution in [0.3, 0.4) is 0 Å². The summed E-state index contributed by atoms with van der Waals surface area (Å²) in [5, 5.41) is 12.5. The van der Waals surface area contributed by atoms with E-state index in [1.165, 1.54) is 12.1 Å². The minimum absolute atomic E-state index is 0. The molecule has 1 aliphatic rings. The summed E-state index contributed by atoms with van der Waals surface area (Å²) in [5.74, 6) is 0.841. The summed E-state index contributed by atoms with van der Waals surface area (Å²) < 4.78 is 46.6. The summed E-state index contributed by atoms with van der Waals surface area (Å²) in [7, 11) is 0. The third-order valence-corrected chi connectivity index (χ3v) is 4.05. The van der Waals surface area contributed by atoms with E-state index in [0.29, 0.717) is 11.5 Å². The molecule has 27 heavy (non-hydrogen) atoms. The lowest BCUT2D eigenvalue weighted by molar-refractivity contribution is -0.274. The lowest BCUT2D eigenvalue weighted by atomic mass is 10.0. The molecule has 1 fully saturated rings. The molecule has 0 saturated carbocycles. The van der Waals surface area contributed by atoms with Crippen LogP contribution in [0.2, 0.25) is 0 Å². The Hall–Kier alpha value is -1.45. The molecule has 1 aromatic carbocycles. The molecule has 152 valence electrons. The van der Waals surface area contributed by atoms with Gasteiger partial charge >= 0.3 is 6.36 Å². The number of nitrogens with zero attached hydrogens (tertiary/aromatic N) is 1. The second kappa shape index (κ2) is 10.2. The fraction of sp³-hybridized carbons (Fsp3) is 0.412. The van der Waals surface area contributed by atoms with E-state index in [4.69, 9.17) is 4.42 Å². The van der Waals surface area contributed by atoms with Crippen LogP contribution >= 0.6 is 24.8 Å². The molecule has 0 amide bonds. The molecule has 2 heterocycles. The number of halogens is 5. The Kier molecular flexibility index (Phi) is 8.90. The monoisotopic (exact) mass is 428 g/mol. The van der Waals surface area contributed by atoms with Crippen molar-refractivity contribution in [2.24, 2.45) is 0 Å². The molecule has 0 bridgehead atoms. The van der Waals surface area contributed by atoms with Gasteiger partial charge < -0.3 is 19.6 Å². The quantitative estimate of drug-likeness (QED) is 0.762. The summed E-state index contributed by atoms with van der Waals surface area (Å²) in [6.07, 6.45) is -4.71. The minimum atomic E-state index is -4.71. The van der Waals surface area contributed by atoms with Crippen LogP contribution < -0.4 is 10.1 Å². The molecule has 1 atom stereocenters. The van der Waals surface area contributed by atoms with Crippen molar-refractivity contribution in [1.82, 2.24) is 10.2 Å². The molecule has 0 aliphatic carbocycles. The Morgan fingerprint density at radius 1 is 1.07 bits per heavy atom. The van der Waals surface area contributed by atoms with E-state index in [2.05, 4.69) is 15.0 Å². The average Bonchev–Trinajstić information content (AvgIpc) is 3.05. The third-order valence-electron chi connectivity index (χ3n) is 4.05. The lowest BCUT2D eigenvalue weighted by Gasteiger charge is -2.34. The van der Waals surface area contributed by atoms with Gasteiger partial charge in [0.15, 0.2) is 0 Å². The first-order valence-electron chi connectivity index (χ1n) is 7.96. The molecule has 1 aromatic heterocycles. The number of hydrogen-bond donors (Lipinski definition) is 2. The van der Waals surface area contributed by atoms with E-state index in [1.807, 2.05) is 0 Å². The number of furan rings is 1. The normalized spacial score (nSPS) is 16.1. The number of aliphatic hydroxyl groups is 1. The summed E-state index contributed by atoms with van der Waals surface area (Å²) in [6, 6.07) is 9.07. The Labute approximate surface area is 167 Å². The highest BCUT2D eigenvalue weighted by Gasteiger charge is 2.31. The van der Waals surface area contributed by atoms with Crippen molar-refractivity contribution in [1.29, 1.82) is 0 Å². The fourth-order valence-corrected chi connectivity index (χ4v) is 2.97. The molecule has 1 aliphatic heterocycles. The predicted octanol–water partition coefficient (Wildman–Crippen LogP) is 3.51. The standard InChI is InChI=1S/C17H19F3N2O3.2ClH/c18-17(19,20)25-13-3-1-12(2-4-13)16(22-9-7-21-8-10-22)15-6-5-14(11-23)24-15;;/h1-6,16,21,23H,7-11H2;2*1H/t16-;;/m1../s1. The molecule has 0 radical (unpaired) electrons. The van der Waals surface area contributed by atoms with Crippen LogP contribution in [0.25, 0.3) is 0 Å². The summed E-state index contributed by atoms with van der Waals surface area (Å²) >= 11 is 0. The van der Waals surface area contributed by atoms with E-state index in [0.717, 1.165) is 31.7 Å². The van der Waals surface area contributed by atoms with Crippen LogP contribution in [-0.2, 0) is 6.61 Å². The first kappa shape index (κ1) is 23.6. The highest BCUT2D eigenvalue weighted by molar-refractivity contribution is 5.85. The van der Waals surface area contributed by atoms with Gasteiger partial charge in [-0.1, -0.05) is 12.1 Å². The third kappa shape index (κ3) is 6.29. The van der Waals surface area contributed by atoms with Crippen LogP contribution in [0.15, 0.2) is 40.8 Å². The van der Waals surface area contributed by atoms with Crippen molar-refractivity contribution in [3.05, 3.63) is 53.5 Å². The predicted molar refractivity (Wildman–Crippen MR) is 98.5 cm³/mol. The smallest absolute Gasteiger partial charge is 0.462 e. The van der Waals surface area contributed by atoms with Gasteiger partial charge in [0.05, 0.1) is 6.04 Å². The van der Waals surface area contributed by atoms with Crippen molar-refractivity contribution >= 4 is 24.8 Å². The Bertz CT molecular complexity index is 689. The van der Waals surface area contributed by atoms with Gasteiger partial charge in [-0.3, -0.25) is 4.90 Å². The zero-order valence-corrected chi connectivity index (χ0v) is 15.9. The van der Waals surface area contributed by atoms with Crippen molar-refractivity contribution in [2.45, 2.75) is 19.0 Å². The Morgan fingerprint density at radius 2 is 1.70 bits per heavy atom. The van der Waals surface area contributed by atoms with Crippen LogP contribution in [-0.4, -0.2) is 42.5 Å². The molecule has 5 nitrogen and oxygen atoms in total. The van der Waals surface area contributed by atoms with Gasteiger partial charge in [-0.2, -0.15) is 0 Å². The van der Waals surface area contributed by atoms with Gasteiger partial charge in [0.25, 0.3) is 0 Å². The van der Waals surface area contributed by atoms with E-state index < -0.39 is 6.36 Å². The lowest BCUT2D eigenvalue weighted by Crippen LogP contribution is -2.45. The summed E-state index contributed by atoms with van der Waals surface area (Å²) in [4.78, 5) is 2.19. The van der Waals surface area contributed by atoms with E-state index >= 15 is 0 Å². The molecular weight excluding hydrogens is 408 g/mol. The second-order valence-corrected chi connectivity index (χ2v) is 5.77. The molecule has 1 saturated heterocycles. The largest absolute Gasteiger partial charge is 0.573 e. The zero-order chi connectivity index (χ0) is 17.9. The van der Waals surface area contributed by atoms with Gasteiger partial charge in [-0.15, -0.1) is 38.0 Å². The maximum Gasteiger partial charge on any atom is 0.573 e. The Balaban J connectivity index is 0.00000182. The number of ether oxygens (including phenoxy) is 1. The van der Waals surface area contributed by atoms with Crippen LogP contribution in [0.5, 0.6) is 5.75 Å². The van der Waals surface area contributed by atoms with Crippen molar-refractivity contribution < 1.29 is 27.4 Å². The van der Waals surface area contributed by atoms with E-state index in [1.54, 1.807) is 24.3 Å². The number of benzene rings is 1. The van der Waals surface area contributed by atoms with Crippen LogP contribution in [0.1, 0.15) is 23.1 Å². The molecule has 0 spiro atoms. The zero-order valence-electron chi connectivity index (χ0n) is 14.2. The van der Waals surface area contributed by atoms with Gasteiger partial charge in [0, 0.05) is 26.2 Å². The number of alkyl halides is 3. The van der Waals surface area contributed by atoms with Gasteiger partial charge in [-0.25, -0.2) is 0 Å². The van der Waals surface area contributed by atoms with E-state index in [-0.39, 0.29) is 43.2 Å². The molecule has 2 N–H and O–H groups in total. The number of hydrogen-bond acceptors (Lipinski definition) is 5. The van der Waals surface area contributed by atoms with Crippen molar-refractivity contribution in [2.75, 3.05) is 26.2 Å². The van der Waals surface area contributed by atoms with Gasteiger partial charge in [0.1, 0.15) is 23.9 Å². The van der Waals surface area contributed by atoms with Gasteiger partial charge in [0.2, 0.25) is 0 Å². The highest BCUT2D eigenvalue weighted by atomic mass is 35.5. The van der Waals surface area contributed by atoms with E-state index in [9.17, 15) is 18.3 Å². The molecular formula is C17H21Cl2F3N2O3.